The normalized spacial score (nSPS) is 12.3. The molecule has 1 atom stereocenters. The maximum atomic E-state index is 8.63. The van der Waals surface area contributed by atoms with Gasteiger partial charge in [0.25, 0.3) is 0 Å². The third-order valence-electron chi connectivity index (χ3n) is 2.70. The van der Waals surface area contributed by atoms with Crippen molar-refractivity contribution < 1.29 is 0 Å². The van der Waals surface area contributed by atoms with Crippen LogP contribution in [0.2, 0.25) is 0 Å². The van der Waals surface area contributed by atoms with Gasteiger partial charge in [-0.25, -0.2) is 5.43 Å². The number of nitrogens with zero attached hydrogens (tertiary/aromatic N) is 1. The van der Waals surface area contributed by atoms with Gasteiger partial charge in [0.2, 0.25) is 0 Å². The number of nitrogens with one attached hydrogen (secondary N) is 1. The van der Waals surface area contributed by atoms with E-state index in [9.17, 15) is 0 Å². The summed E-state index contributed by atoms with van der Waals surface area (Å²) in [4.78, 5) is 0. The van der Waals surface area contributed by atoms with Crippen LogP contribution in [0.25, 0.3) is 0 Å². The molecule has 0 aromatic carbocycles. The number of rotatable bonds is 10. The van der Waals surface area contributed by atoms with E-state index in [0.29, 0.717) is 0 Å². The predicted molar refractivity (Wildman–Crippen MR) is 64.0 cm³/mol. The van der Waals surface area contributed by atoms with Crippen LogP contribution >= 0.6 is 0 Å². The van der Waals surface area contributed by atoms with Crippen LogP contribution in [0.15, 0.2) is 0 Å². The molecule has 0 radical (unpaired) electrons. The minimum absolute atomic E-state index is 0.162. The Morgan fingerprint density at radius 3 is 2.07 bits per heavy atom. The Balaban J connectivity index is 3.08. The summed E-state index contributed by atoms with van der Waals surface area (Å²) in [6.07, 6.45) is 11.3. The lowest BCUT2D eigenvalue weighted by molar-refractivity contribution is 0.519. The average molecular weight is 211 g/mol. The maximum Gasteiger partial charge on any atom is 0.108 e. The fourth-order valence-corrected chi connectivity index (χ4v) is 1.67. The van der Waals surface area contributed by atoms with Gasteiger partial charge >= 0.3 is 0 Å². The topological polar surface area (TPSA) is 61.8 Å². The van der Waals surface area contributed by atoms with E-state index < -0.39 is 0 Å². The Kier molecular flexibility index (Phi) is 11.0. The number of hydrazine groups is 1. The van der Waals surface area contributed by atoms with Crippen molar-refractivity contribution >= 4 is 0 Å². The van der Waals surface area contributed by atoms with Gasteiger partial charge in [-0.05, 0) is 6.42 Å². The zero-order chi connectivity index (χ0) is 11.4. The van der Waals surface area contributed by atoms with Crippen molar-refractivity contribution in [1.29, 1.82) is 5.26 Å². The standard InChI is InChI=1S/C12H25N3/c1-2-3-4-5-6-7-8-9-10-12(11-13)15-14/h12,15H,2-10,14H2,1H3. The Morgan fingerprint density at radius 1 is 1.07 bits per heavy atom. The molecule has 0 aliphatic rings. The number of hydrogen-bond donors (Lipinski definition) is 2. The lowest BCUT2D eigenvalue weighted by Gasteiger charge is -2.06. The average Bonchev–Trinajstić information content (AvgIpc) is 2.27. The summed E-state index contributed by atoms with van der Waals surface area (Å²) in [5.41, 5.74) is 2.51. The predicted octanol–water partition coefficient (Wildman–Crippen LogP) is 2.87. The molecule has 0 fully saturated rings. The van der Waals surface area contributed by atoms with Crippen LogP contribution in [0.3, 0.4) is 0 Å². The number of unbranched alkanes of at least 4 members (excludes halogenated alkanes) is 7. The molecule has 0 spiro atoms. The summed E-state index contributed by atoms with van der Waals surface area (Å²) in [5, 5.41) is 8.63. The lowest BCUT2D eigenvalue weighted by atomic mass is 10.1. The van der Waals surface area contributed by atoms with E-state index in [1.54, 1.807) is 0 Å². The lowest BCUT2D eigenvalue weighted by Crippen LogP contribution is -2.33. The Bertz CT molecular complexity index is 163. The summed E-state index contributed by atoms with van der Waals surface area (Å²) < 4.78 is 0. The molecule has 0 heterocycles. The quantitative estimate of drug-likeness (QED) is 0.332. The van der Waals surface area contributed by atoms with E-state index in [1.165, 1.54) is 44.9 Å². The molecule has 0 bridgehead atoms. The zero-order valence-electron chi connectivity index (χ0n) is 9.97. The van der Waals surface area contributed by atoms with Gasteiger partial charge in [0.1, 0.15) is 6.04 Å². The molecule has 0 saturated carbocycles. The second kappa shape index (κ2) is 11.5. The van der Waals surface area contributed by atoms with E-state index >= 15 is 0 Å². The molecular weight excluding hydrogens is 186 g/mol. The van der Waals surface area contributed by atoms with Crippen molar-refractivity contribution in [2.45, 2.75) is 70.8 Å². The van der Waals surface area contributed by atoms with Crippen LogP contribution < -0.4 is 11.3 Å². The molecule has 0 saturated heterocycles. The molecule has 0 aromatic heterocycles. The molecule has 88 valence electrons. The summed E-state index contributed by atoms with van der Waals surface area (Å²) in [5.74, 6) is 5.21. The summed E-state index contributed by atoms with van der Waals surface area (Å²) in [6.45, 7) is 2.24. The van der Waals surface area contributed by atoms with Crippen LogP contribution in [0, 0.1) is 11.3 Å². The van der Waals surface area contributed by atoms with Gasteiger partial charge in [0.15, 0.2) is 0 Å². The first-order valence-corrected chi connectivity index (χ1v) is 6.20. The number of nitrogens with two attached hydrogens (primary N) is 1. The van der Waals surface area contributed by atoms with Crippen molar-refractivity contribution in [3.05, 3.63) is 0 Å². The van der Waals surface area contributed by atoms with Gasteiger partial charge in [-0.2, -0.15) is 5.26 Å². The molecule has 0 aliphatic carbocycles. The van der Waals surface area contributed by atoms with Gasteiger partial charge in [0, 0.05) is 0 Å². The van der Waals surface area contributed by atoms with Crippen molar-refractivity contribution in [2.24, 2.45) is 5.84 Å². The smallest absolute Gasteiger partial charge is 0.108 e. The fourth-order valence-electron chi connectivity index (χ4n) is 1.67. The molecule has 3 heteroatoms. The summed E-state index contributed by atoms with van der Waals surface area (Å²) in [7, 11) is 0. The first kappa shape index (κ1) is 14.4. The second-order valence-electron chi connectivity index (χ2n) is 4.11. The minimum Gasteiger partial charge on any atom is -0.270 e. The fraction of sp³-hybridized carbons (Fsp3) is 0.917. The molecule has 0 rings (SSSR count). The zero-order valence-corrected chi connectivity index (χ0v) is 9.97. The molecule has 3 N–H and O–H groups in total. The highest BCUT2D eigenvalue weighted by molar-refractivity contribution is 4.87. The van der Waals surface area contributed by atoms with Crippen LogP contribution in [-0.2, 0) is 0 Å². The van der Waals surface area contributed by atoms with Crippen molar-refractivity contribution in [2.75, 3.05) is 0 Å². The Labute approximate surface area is 94.0 Å². The van der Waals surface area contributed by atoms with Gasteiger partial charge in [0.05, 0.1) is 6.07 Å². The number of nitriles is 1. The van der Waals surface area contributed by atoms with Crippen molar-refractivity contribution in [3.63, 3.8) is 0 Å². The molecule has 0 aromatic rings. The number of hydrogen-bond acceptors (Lipinski definition) is 3. The highest BCUT2D eigenvalue weighted by atomic mass is 15.2. The highest BCUT2D eigenvalue weighted by Gasteiger charge is 2.02. The van der Waals surface area contributed by atoms with Gasteiger partial charge in [-0.3, -0.25) is 5.84 Å². The summed E-state index contributed by atoms with van der Waals surface area (Å²) >= 11 is 0. The monoisotopic (exact) mass is 211 g/mol. The van der Waals surface area contributed by atoms with E-state index in [0.717, 1.165) is 12.8 Å². The van der Waals surface area contributed by atoms with E-state index in [2.05, 4.69) is 18.4 Å². The van der Waals surface area contributed by atoms with Crippen LogP contribution in [0.1, 0.15) is 64.7 Å². The molecule has 1 unspecified atom stereocenters. The summed E-state index contributed by atoms with van der Waals surface area (Å²) in [6, 6.07) is 1.97. The molecule has 3 nitrogen and oxygen atoms in total. The van der Waals surface area contributed by atoms with Gasteiger partial charge in [-0.15, -0.1) is 0 Å². The first-order valence-electron chi connectivity index (χ1n) is 6.20. The SMILES string of the molecule is CCCCCCCCCCC(C#N)NN. The van der Waals surface area contributed by atoms with Crippen LogP contribution in [0.4, 0.5) is 0 Å². The van der Waals surface area contributed by atoms with E-state index in [4.69, 9.17) is 11.1 Å². The van der Waals surface area contributed by atoms with E-state index in [1.807, 2.05) is 0 Å². The third kappa shape index (κ3) is 9.71. The van der Waals surface area contributed by atoms with Crippen molar-refractivity contribution in [3.8, 4) is 6.07 Å². The molecule has 0 amide bonds. The minimum atomic E-state index is -0.162. The van der Waals surface area contributed by atoms with Gasteiger partial charge in [-0.1, -0.05) is 58.3 Å². The largest absolute Gasteiger partial charge is 0.270 e. The molecular formula is C12H25N3. The molecule has 15 heavy (non-hydrogen) atoms. The second-order valence-corrected chi connectivity index (χ2v) is 4.11. The molecule has 0 aliphatic heterocycles. The Morgan fingerprint density at radius 2 is 1.60 bits per heavy atom. The highest BCUT2D eigenvalue weighted by Crippen LogP contribution is 2.10. The maximum absolute atomic E-state index is 8.63. The first-order chi connectivity index (χ1) is 7.35. The van der Waals surface area contributed by atoms with Gasteiger partial charge < -0.3 is 0 Å². The third-order valence-corrected chi connectivity index (χ3v) is 2.70. The van der Waals surface area contributed by atoms with E-state index in [-0.39, 0.29) is 6.04 Å². The Hall–Kier alpha value is -0.590. The van der Waals surface area contributed by atoms with Crippen LogP contribution in [-0.4, -0.2) is 6.04 Å². The van der Waals surface area contributed by atoms with Crippen LogP contribution in [0.5, 0.6) is 0 Å². The van der Waals surface area contributed by atoms with Crippen molar-refractivity contribution in [1.82, 2.24) is 5.43 Å².